The molecule has 1 aromatic carbocycles. The molecule has 6 heteroatoms. The van der Waals surface area contributed by atoms with Crippen molar-refractivity contribution in [2.45, 2.75) is 46.3 Å². The van der Waals surface area contributed by atoms with E-state index >= 15 is 0 Å². The smallest absolute Gasteiger partial charge is 0.254 e. The molecular formula is C25H28N4O2. The summed E-state index contributed by atoms with van der Waals surface area (Å²) in [6.45, 7) is 7.86. The Balaban J connectivity index is 1.65. The third kappa shape index (κ3) is 4.49. The Morgan fingerprint density at radius 1 is 1.13 bits per heavy atom. The molecular weight excluding hydrogens is 388 g/mol. The van der Waals surface area contributed by atoms with E-state index in [1.165, 1.54) is 0 Å². The highest BCUT2D eigenvalue weighted by molar-refractivity contribution is 5.94. The SMILES string of the molecule is CCOCc1ccc(C(=O)N2CCCC2c2nc(C)ncc2-c2ccncc2C)cc1. The molecule has 31 heavy (non-hydrogen) atoms. The zero-order valence-corrected chi connectivity index (χ0v) is 18.3. The third-order valence-electron chi connectivity index (χ3n) is 5.75. The van der Waals surface area contributed by atoms with E-state index in [0.29, 0.717) is 24.6 Å². The molecule has 0 N–H and O–H groups in total. The molecule has 0 spiro atoms. The van der Waals surface area contributed by atoms with Crippen LogP contribution in [0.5, 0.6) is 0 Å². The Morgan fingerprint density at radius 3 is 2.68 bits per heavy atom. The summed E-state index contributed by atoms with van der Waals surface area (Å²) in [6.07, 6.45) is 7.36. The summed E-state index contributed by atoms with van der Waals surface area (Å²) in [5.41, 5.74) is 5.78. The maximum atomic E-state index is 13.4. The maximum absolute atomic E-state index is 13.4. The zero-order valence-electron chi connectivity index (χ0n) is 18.3. The van der Waals surface area contributed by atoms with E-state index in [1.807, 2.05) is 68.4 Å². The predicted molar refractivity (Wildman–Crippen MR) is 120 cm³/mol. The fourth-order valence-corrected chi connectivity index (χ4v) is 4.15. The molecule has 1 aliphatic heterocycles. The molecule has 1 aliphatic rings. The number of hydrogen-bond acceptors (Lipinski definition) is 5. The van der Waals surface area contributed by atoms with E-state index in [4.69, 9.17) is 9.72 Å². The molecule has 0 bridgehead atoms. The van der Waals surface area contributed by atoms with Gasteiger partial charge in [-0.05, 0) is 68.5 Å². The summed E-state index contributed by atoms with van der Waals surface area (Å²) in [4.78, 5) is 28.8. The number of rotatable bonds is 6. The average Bonchev–Trinajstić information content (AvgIpc) is 3.28. The van der Waals surface area contributed by atoms with Gasteiger partial charge in [-0.1, -0.05) is 12.1 Å². The highest BCUT2D eigenvalue weighted by Gasteiger charge is 2.33. The molecule has 3 heterocycles. The first kappa shape index (κ1) is 21.1. The van der Waals surface area contributed by atoms with Crippen LogP contribution in [0.2, 0.25) is 0 Å². The Labute approximate surface area is 183 Å². The van der Waals surface area contributed by atoms with Crippen molar-refractivity contribution >= 4 is 5.91 Å². The van der Waals surface area contributed by atoms with Gasteiger partial charge in [0.05, 0.1) is 18.3 Å². The number of ether oxygens (including phenoxy) is 1. The number of aryl methyl sites for hydroxylation is 2. The Hall–Kier alpha value is -3.12. The minimum Gasteiger partial charge on any atom is -0.377 e. The van der Waals surface area contributed by atoms with Gasteiger partial charge >= 0.3 is 0 Å². The first-order valence-electron chi connectivity index (χ1n) is 10.8. The predicted octanol–water partition coefficient (Wildman–Crippen LogP) is 4.67. The highest BCUT2D eigenvalue weighted by atomic mass is 16.5. The second kappa shape index (κ2) is 9.35. The van der Waals surface area contributed by atoms with Gasteiger partial charge in [-0.15, -0.1) is 0 Å². The summed E-state index contributed by atoms with van der Waals surface area (Å²) >= 11 is 0. The van der Waals surface area contributed by atoms with Gasteiger partial charge in [-0.3, -0.25) is 9.78 Å². The van der Waals surface area contributed by atoms with E-state index in [0.717, 1.165) is 47.3 Å². The standard InChI is InChI=1S/C25H28N4O2/c1-4-31-16-19-7-9-20(10-8-19)25(30)29-13-5-6-23(29)24-22(15-27-18(3)28-24)21-11-12-26-14-17(21)2/h7-12,14-15,23H,4-6,13,16H2,1-3H3. The van der Waals surface area contributed by atoms with Gasteiger partial charge < -0.3 is 9.64 Å². The van der Waals surface area contributed by atoms with Crippen LogP contribution in [0.1, 0.15) is 58.8 Å². The van der Waals surface area contributed by atoms with Crippen molar-refractivity contribution in [2.75, 3.05) is 13.2 Å². The lowest BCUT2D eigenvalue weighted by Crippen LogP contribution is -2.31. The van der Waals surface area contributed by atoms with Crippen LogP contribution in [0.15, 0.2) is 48.9 Å². The highest BCUT2D eigenvalue weighted by Crippen LogP contribution is 2.38. The Bertz CT molecular complexity index is 1070. The van der Waals surface area contributed by atoms with Crippen molar-refractivity contribution in [3.63, 3.8) is 0 Å². The summed E-state index contributed by atoms with van der Waals surface area (Å²) in [5.74, 6) is 0.754. The van der Waals surface area contributed by atoms with Gasteiger partial charge in [-0.25, -0.2) is 9.97 Å². The summed E-state index contributed by atoms with van der Waals surface area (Å²) in [7, 11) is 0. The van der Waals surface area contributed by atoms with Crippen LogP contribution in [-0.2, 0) is 11.3 Å². The Kier molecular flexibility index (Phi) is 6.37. The van der Waals surface area contributed by atoms with Crippen LogP contribution in [0.25, 0.3) is 11.1 Å². The molecule has 0 radical (unpaired) electrons. The first-order chi connectivity index (χ1) is 15.1. The van der Waals surface area contributed by atoms with Crippen molar-refractivity contribution in [1.82, 2.24) is 19.9 Å². The number of carbonyl (C=O) groups excluding carboxylic acids is 1. The second-order valence-electron chi connectivity index (χ2n) is 7.90. The molecule has 0 aliphatic carbocycles. The number of likely N-dealkylation sites (tertiary alicyclic amines) is 1. The monoisotopic (exact) mass is 416 g/mol. The van der Waals surface area contributed by atoms with Crippen molar-refractivity contribution in [2.24, 2.45) is 0 Å². The molecule has 4 rings (SSSR count). The van der Waals surface area contributed by atoms with E-state index < -0.39 is 0 Å². The fraction of sp³-hybridized carbons (Fsp3) is 0.360. The quantitative estimate of drug-likeness (QED) is 0.584. The van der Waals surface area contributed by atoms with E-state index in [1.54, 1.807) is 6.20 Å². The fourth-order valence-electron chi connectivity index (χ4n) is 4.15. The summed E-state index contributed by atoms with van der Waals surface area (Å²) in [6, 6.07) is 9.64. The third-order valence-corrected chi connectivity index (χ3v) is 5.75. The van der Waals surface area contributed by atoms with Gasteiger partial charge in [0.25, 0.3) is 5.91 Å². The van der Waals surface area contributed by atoms with Crippen LogP contribution in [0.3, 0.4) is 0 Å². The van der Waals surface area contributed by atoms with Crippen molar-refractivity contribution in [1.29, 1.82) is 0 Å². The van der Waals surface area contributed by atoms with E-state index in [-0.39, 0.29) is 11.9 Å². The van der Waals surface area contributed by atoms with Crippen LogP contribution in [0.4, 0.5) is 0 Å². The van der Waals surface area contributed by atoms with Gasteiger partial charge in [0.15, 0.2) is 0 Å². The van der Waals surface area contributed by atoms with E-state index in [9.17, 15) is 4.79 Å². The number of pyridine rings is 1. The molecule has 0 saturated carbocycles. The largest absolute Gasteiger partial charge is 0.377 e. The lowest BCUT2D eigenvalue weighted by atomic mass is 9.97. The van der Waals surface area contributed by atoms with Crippen molar-refractivity contribution in [3.8, 4) is 11.1 Å². The van der Waals surface area contributed by atoms with Crippen molar-refractivity contribution in [3.05, 3.63) is 77.1 Å². The van der Waals surface area contributed by atoms with Crippen molar-refractivity contribution < 1.29 is 9.53 Å². The molecule has 1 saturated heterocycles. The molecule has 1 atom stereocenters. The van der Waals surface area contributed by atoms with Crippen LogP contribution >= 0.6 is 0 Å². The summed E-state index contributed by atoms with van der Waals surface area (Å²) in [5, 5.41) is 0. The lowest BCUT2D eigenvalue weighted by Gasteiger charge is -2.26. The molecule has 2 aromatic heterocycles. The average molecular weight is 417 g/mol. The summed E-state index contributed by atoms with van der Waals surface area (Å²) < 4.78 is 5.46. The lowest BCUT2D eigenvalue weighted by molar-refractivity contribution is 0.0733. The number of nitrogens with zero attached hydrogens (tertiary/aromatic N) is 4. The first-order valence-corrected chi connectivity index (χ1v) is 10.8. The molecule has 1 unspecified atom stereocenters. The number of aromatic nitrogens is 3. The molecule has 1 amide bonds. The number of benzene rings is 1. The molecule has 1 fully saturated rings. The van der Waals surface area contributed by atoms with Gasteiger partial charge in [0.2, 0.25) is 0 Å². The zero-order chi connectivity index (χ0) is 21.8. The molecule has 3 aromatic rings. The number of amides is 1. The van der Waals surface area contributed by atoms with E-state index in [2.05, 4.69) is 9.97 Å². The number of hydrogen-bond donors (Lipinski definition) is 0. The van der Waals surface area contributed by atoms with Crippen LogP contribution in [0, 0.1) is 13.8 Å². The Morgan fingerprint density at radius 2 is 1.94 bits per heavy atom. The second-order valence-corrected chi connectivity index (χ2v) is 7.90. The van der Waals surface area contributed by atoms with Gasteiger partial charge in [-0.2, -0.15) is 0 Å². The van der Waals surface area contributed by atoms with Crippen LogP contribution in [-0.4, -0.2) is 38.9 Å². The van der Waals surface area contributed by atoms with Crippen LogP contribution < -0.4 is 0 Å². The van der Waals surface area contributed by atoms with Gasteiger partial charge in [0.1, 0.15) is 5.82 Å². The molecule has 6 nitrogen and oxygen atoms in total. The normalized spacial score (nSPS) is 16.0. The minimum atomic E-state index is -0.0696. The minimum absolute atomic E-state index is 0.0409. The maximum Gasteiger partial charge on any atom is 0.254 e. The topological polar surface area (TPSA) is 68.2 Å². The molecule has 160 valence electrons. The number of carbonyl (C=O) groups is 1. The van der Waals surface area contributed by atoms with Gasteiger partial charge in [0, 0.05) is 42.9 Å².